The first kappa shape index (κ1) is 10.7. The maximum atomic E-state index is 10.5. The Hall–Kier alpha value is -1.33. The van der Waals surface area contributed by atoms with E-state index in [-0.39, 0.29) is 6.54 Å². The number of pyridine rings is 1. The second kappa shape index (κ2) is 4.78. The number of aromatic nitrogens is 1. The van der Waals surface area contributed by atoms with Crippen LogP contribution in [0.5, 0.6) is 0 Å². The van der Waals surface area contributed by atoms with Gasteiger partial charge in [0.1, 0.15) is 17.1 Å². The minimum Gasteiger partial charge on any atom is -0.381 e. The van der Waals surface area contributed by atoms with E-state index in [1.165, 1.54) is 0 Å². The number of carbonyl (C=O) groups excluding carboxylic acids is 1. The van der Waals surface area contributed by atoms with Crippen LogP contribution in [0.1, 0.15) is 0 Å². The van der Waals surface area contributed by atoms with Gasteiger partial charge in [0.15, 0.2) is 0 Å². The van der Waals surface area contributed by atoms with Gasteiger partial charge in [0.25, 0.3) is 0 Å². The number of halogens is 1. The number of hydrogen-bond donors (Lipinski definition) is 3. The Morgan fingerprint density at radius 3 is 3.00 bits per heavy atom. The molecule has 5 nitrogen and oxygen atoms in total. The summed E-state index contributed by atoms with van der Waals surface area (Å²) in [5.74, 6) is -0.294. The van der Waals surface area contributed by atoms with Gasteiger partial charge in [-0.3, -0.25) is 4.79 Å². The molecule has 1 atom stereocenters. The molecule has 0 saturated heterocycles. The van der Waals surface area contributed by atoms with Gasteiger partial charge in [0.05, 0.1) is 6.54 Å². The number of anilines is 1. The third-order valence-corrected chi connectivity index (χ3v) is 1.73. The smallest absolute Gasteiger partial charge is 0.248 e. The van der Waals surface area contributed by atoms with E-state index in [9.17, 15) is 4.79 Å². The van der Waals surface area contributed by atoms with Gasteiger partial charge in [0.2, 0.25) is 5.91 Å². The van der Waals surface area contributed by atoms with E-state index in [1.807, 2.05) is 0 Å². The van der Waals surface area contributed by atoms with Crippen molar-refractivity contribution in [3.05, 3.63) is 23.4 Å². The maximum Gasteiger partial charge on any atom is 0.248 e. The van der Waals surface area contributed by atoms with Crippen LogP contribution in [0.15, 0.2) is 18.2 Å². The summed E-state index contributed by atoms with van der Waals surface area (Å²) in [6.07, 6.45) is -1.23. The summed E-state index contributed by atoms with van der Waals surface area (Å²) < 4.78 is 0. The summed E-state index contributed by atoms with van der Waals surface area (Å²) in [4.78, 5) is 14.4. The van der Waals surface area contributed by atoms with E-state index in [0.717, 1.165) is 0 Å². The van der Waals surface area contributed by atoms with Crippen molar-refractivity contribution in [3.63, 3.8) is 0 Å². The van der Waals surface area contributed by atoms with Crippen molar-refractivity contribution in [3.8, 4) is 0 Å². The van der Waals surface area contributed by atoms with Gasteiger partial charge < -0.3 is 16.2 Å². The predicted molar refractivity (Wildman–Crippen MR) is 52.9 cm³/mol. The highest BCUT2D eigenvalue weighted by molar-refractivity contribution is 6.29. The first-order chi connectivity index (χ1) is 6.59. The number of nitrogens with zero attached hydrogens (tertiary/aromatic N) is 1. The molecule has 1 unspecified atom stereocenters. The zero-order chi connectivity index (χ0) is 10.6. The minimum absolute atomic E-state index is 0.0165. The van der Waals surface area contributed by atoms with Gasteiger partial charge in [0, 0.05) is 0 Å². The molecule has 1 aromatic rings. The SMILES string of the molecule is NC(=O)C(O)CNc1cccc(Cl)n1. The van der Waals surface area contributed by atoms with Crippen molar-refractivity contribution in [2.24, 2.45) is 5.73 Å². The van der Waals surface area contributed by atoms with Crippen LogP contribution < -0.4 is 11.1 Å². The van der Waals surface area contributed by atoms with Crippen LogP contribution in [-0.2, 0) is 4.79 Å². The van der Waals surface area contributed by atoms with E-state index in [1.54, 1.807) is 18.2 Å². The van der Waals surface area contributed by atoms with Crippen molar-refractivity contribution >= 4 is 23.3 Å². The van der Waals surface area contributed by atoms with Crippen molar-refractivity contribution in [1.29, 1.82) is 0 Å². The van der Waals surface area contributed by atoms with Crippen LogP contribution >= 0.6 is 11.6 Å². The minimum atomic E-state index is -1.23. The van der Waals surface area contributed by atoms with Crippen molar-refractivity contribution in [2.75, 3.05) is 11.9 Å². The van der Waals surface area contributed by atoms with Crippen LogP contribution in [0.4, 0.5) is 5.82 Å². The molecular weight excluding hydrogens is 206 g/mol. The number of amides is 1. The normalized spacial score (nSPS) is 12.1. The second-order valence-corrected chi connectivity index (χ2v) is 3.03. The number of carbonyl (C=O) groups is 1. The Kier molecular flexibility index (Phi) is 3.67. The molecule has 76 valence electrons. The average Bonchev–Trinajstić information content (AvgIpc) is 2.14. The van der Waals surface area contributed by atoms with Crippen molar-refractivity contribution < 1.29 is 9.90 Å². The molecule has 0 saturated carbocycles. The number of aliphatic hydroxyl groups is 1. The lowest BCUT2D eigenvalue weighted by Crippen LogP contribution is -2.34. The van der Waals surface area contributed by atoms with E-state index in [0.29, 0.717) is 11.0 Å². The molecule has 0 aliphatic carbocycles. The molecule has 0 aliphatic heterocycles. The van der Waals surface area contributed by atoms with E-state index >= 15 is 0 Å². The lowest BCUT2D eigenvalue weighted by atomic mass is 10.3. The fraction of sp³-hybridized carbons (Fsp3) is 0.250. The summed E-state index contributed by atoms with van der Waals surface area (Å²) >= 11 is 5.62. The molecule has 1 aromatic heterocycles. The lowest BCUT2D eigenvalue weighted by molar-refractivity contribution is -0.125. The van der Waals surface area contributed by atoms with E-state index < -0.39 is 12.0 Å². The van der Waals surface area contributed by atoms with Gasteiger partial charge in [-0.1, -0.05) is 17.7 Å². The highest BCUT2D eigenvalue weighted by Crippen LogP contribution is 2.08. The van der Waals surface area contributed by atoms with Crippen molar-refractivity contribution in [2.45, 2.75) is 6.10 Å². The first-order valence-electron chi connectivity index (χ1n) is 3.93. The number of nitrogens with one attached hydrogen (secondary N) is 1. The Morgan fingerprint density at radius 1 is 1.71 bits per heavy atom. The van der Waals surface area contributed by atoms with Gasteiger partial charge in [-0.05, 0) is 12.1 Å². The predicted octanol–water partition coefficient (Wildman–Crippen LogP) is -0.00690. The summed E-state index contributed by atoms with van der Waals surface area (Å²) in [6.45, 7) is 0.0165. The molecule has 4 N–H and O–H groups in total. The Labute approximate surface area is 85.9 Å². The second-order valence-electron chi connectivity index (χ2n) is 2.64. The number of rotatable bonds is 4. The fourth-order valence-electron chi connectivity index (χ4n) is 0.809. The molecule has 1 rings (SSSR count). The van der Waals surface area contributed by atoms with E-state index in [4.69, 9.17) is 22.4 Å². The Bertz CT molecular complexity index is 332. The third kappa shape index (κ3) is 3.20. The average molecular weight is 216 g/mol. The third-order valence-electron chi connectivity index (χ3n) is 1.52. The summed E-state index contributed by atoms with van der Waals surface area (Å²) in [5, 5.41) is 12.1. The zero-order valence-electron chi connectivity index (χ0n) is 7.27. The molecule has 0 aromatic carbocycles. The number of hydrogen-bond acceptors (Lipinski definition) is 4. The highest BCUT2D eigenvalue weighted by atomic mass is 35.5. The maximum absolute atomic E-state index is 10.5. The monoisotopic (exact) mass is 215 g/mol. The van der Waals surface area contributed by atoms with Gasteiger partial charge in [-0.25, -0.2) is 4.98 Å². The fourth-order valence-corrected chi connectivity index (χ4v) is 0.972. The quantitative estimate of drug-likeness (QED) is 0.617. The topological polar surface area (TPSA) is 88.2 Å². The lowest BCUT2D eigenvalue weighted by Gasteiger charge is -2.08. The highest BCUT2D eigenvalue weighted by Gasteiger charge is 2.09. The molecule has 0 radical (unpaired) electrons. The summed E-state index contributed by atoms with van der Waals surface area (Å²) in [6, 6.07) is 4.99. The summed E-state index contributed by atoms with van der Waals surface area (Å²) in [5.41, 5.74) is 4.85. The molecule has 1 amide bonds. The van der Waals surface area contributed by atoms with Gasteiger partial charge >= 0.3 is 0 Å². The van der Waals surface area contributed by atoms with Crippen LogP contribution in [0, 0.1) is 0 Å². The van der Waals surface area contributed by atoms with E-state index in [2.05, 4.69) is 10.3 Å². The molecule has 0 fully saturated rings. The molecule has 0 aliphatic rings. The van der Waals surface area contributed by atoms with Crippen LogP contribution in [0.2, 0.25) is 5.15 Å². The standard InChI is InChI=1S/C8H10ClN3O2/c9-6-2-1-3-7(12-6)11-4-5(13)8(10)14/h1-3,5,13H,4H2,(H2,10,14)(H,11,12). The Morgan fingerprint density at radius 2 is 2.43 bits per heavy atom. The summed E-state index contributed by atoms with van der Waals surface area (Å²) in [7, 11) is 0. The molecular formula is C8H10ClN3O2. The molecule has 14 heavy (non-hydrogen) atoms. The van der Waals surface area contributed by atoms with Crippen LogP contribution in [0.25, 0.3) is 0 Å². The first-order valence-corrected chi connectivity index (χ1v) is 4.31. The Balaban J connectivity index is 2.49. The molecule has 1 heterocycles. The largest absolute Gasteiger partial charge is 0.381 e. The van der Waals surface area contributed by atoms with Crippen LogP contribution in [0.3, 0.4) is 0 Å². The number of nitrogens with two attached hydrogens (primary N) is 1. The molecule has 0 bridgehead atoms. The molecule has 0 spiro atoms. The molecule has 6 heteroatoms. The zero-order valence-corrected chi connectivity index (χ0v) is 8.03. The number of primary amides is 1. The van der Waals surface area contributed by atoms with Gasteiger partial charge in [-0.2, -0.15) is 0 Å². The van der Waals surface area contributed by atoms with Crippen molar-refractivity contribution in [1.82, 2.24) is 4.98 Å². The van der Waals surface area contributed by atoms with Crippen LogP contribution in [-0.4, -0.2) is 28.6 Å². The van der Waals surface area contributed by atoms with Gasteiger partial charge in [-0.15, -0.1) is 0 Å². The number of aliphatic hydroxyl groups excluding tert-OH is 1.